The number of aliphatic hydroxyl groups is 1. The summed E-state index contributed by atoms with van der Waals surface area (Å²) in [5.74, 6) is 1.12. The SMILES string of the molecule is Nc1ccccc1.O=C(Cl)c1ccccc1.O=C(c1ccccc1)C(Nc1ccccc1)c1ccccc1.O=C(c1ccccc1)C(O)c1ccccc1.O=C(c1ccccc1)C(c1ccccc1)N(C(=O)c1ccccc1)c1ccccc1.[3H]P=O.c1ccc(-c2oc(-c3ccccc3)[n+](-c3ccccc3)c2-c2ccccc2)cc1. The van der Waals surface area contributed by atoms with E-state index in [1.54, 1.807) is 102 Å². The van der Waals surface area contributed by atoms with Gasteiger partial charge in [-0.1, -0.05) is 370 Å². The Labute approximate surface area is 679 Å². The number of oxazole rings is 1. The fraction of sp³-hybridized carbons (Fsp3) is 0.0297. The fourth-order valence-electron chi connectivity index (χ4n) is 12.1. The molecule has 0 aliphatic rings. The maximum Gasteiger partial charge on any atom is 0.387 e. The van der Waals surface area contributed by atoms with Gasteiger partial charge in [0, 0.05) is 62.6 Å². The molecule has 566 valence electrons. The number of hydrogen-bond donors (Lipinski definition) is 3. The third kappa shape index (κ3) is 24.3. The zero-order chi connectivity index (χ0) is 81.3. The van der Waals surface area contributed by atoms with Crippen LogP contribution in [-0.4, -0.2) is 34.9 Å². The Morgan fingerprint density at radius 1 is 0.374 bits per heavy atom. The summed E-state index contributed by atoms with van der Waals surface area (Å²) in [6.07, 6.45) is -1.08. The maximum atomic E-state index is 13.7. The summed E-state index contributed by atoms with van der Waals surface area (Å²) in [5.41, 5.74) is 18.3. The van der Waals surface area contributed by atoms with Gasteiger partial charge in [0.2, 0.25) is 11.4 Å². The first kappa shape index (κ1) is 81.6. The van der Waals surface area contributed by atoms with Gasteiger partial charge in [-0.15, -0.1) is 4.57 Å². The zero-order valence-corrected chi connectivity index (χ0v) is 64.3. The molecule has 0 fully saturated rings. The van der Waals surface area contributed by atoms with Crippen LogP contribution in [0, 0.1) is 0 Å². The molecule has 0 spiro atoms. The minimum atomic E-state index is -1.08. The van der Waals surface area contributed by atoms with Crippen LogP contribution in [0.2, 0.25) is 0 Å². The molecule has 3 atom stereocenters. The predicted molar refractivity (Wildman–Crippen MR) is 465 cm³/mol. The van der Waals surface area contributed by atoms with E-state index >= 15 is 0 Å². The Morgan fingerprint density at radius 2 is 0.696 bits per heavy atom. The molecule has 0 saturated carbocycles. The van der Waals surface area contributed by atoms with Gasteiger partial charge < -0.3 is 20.6 Å². The van der Waals surface area contributed by atoms with Crippen molar-refractivity contribution in [2.24, 2.45) is 0 Å². The van der Waals surface area contributed by atoms with Gasteiger partial charge in [-0.05, 0) is 101 Å². The van der Waals surface area contributed by atoms with E-state index in [1.807, 2.05) is 285 Å². The molecule has 1 heterocycles. The molecule has 16 aromatic rings. The zero-order valence-electron chi connectivity index (χ0n) is 63.6. The highest BCUT2D eigenvalue weighted by atomic mass is 35.5. The number of benzene rings is 15. The molecule has 1 aromatic heterocycles. The highest BCUT2D eigenvalue weighted by molar-refractivity contribution is 7.00. The van der Waals surface area contributed by atoms with Crippen molar-refractivity contribution < 1.29 is 42.6 Å². The molecule has 0 saturated heterocycles. The summed E-state index contributed by atoms with van der Waals surface area (Å²) in [5, 5.41) is 12.8. The number of para-hydroxylation sites is 4. The molecule has 16 rings (SSSR count). The number of hydrogen-bond acceptors (Lipinski definition) is 10. The van der Waals surface area contributed by atoms with Gasteiger partial charge >= 0.3 is 5.89 Å². The number of amides is 1. The molecule has 0 radical (unpaired) electrons. The van der Waals surface area contributed by atoms with E-state index in [0.717, 1.165) is 62.2 Å². The minimum absolute atomic E-state index is 0.0654. The molecule has 4 N–H and O–H groups in total. The van der Waals surface area contributed by atoms with Crippen LogP contribution in [0.4, 0.5) is 17.1 Å². The molecule has 0 aliphatic heterocycles. The molecule has 14 heteroatoms. The topological polar surface area (TPSA) is 181 Å². The van der Waals surface area contributed by atoms with E-state index in [2.05, 4.69) is 82.7 Å². The van der Waals surface area contributed by atoms with Crippen LogP contribution in [0.5, 0.6) is 0 Å². The highest BCUT2D eigenvalue weighted by Gasteiger charge is 2.35. The number of halogens is 1. The van der Waals surface area contributed by atoms with E-state index in [4.69, 9.17) is 27.6 Å². The largest absolute Gasteiger partial charge is 0.399 e. The van der Waals surface area contributed by atoms with Gasteiger partial charge in [0.05, 0.1) is 11.1 Å². The number of aromatic nitrogens is 1. The van der Waals surface area contributed by atoms with Crippen LogP contribution in [0.15, 0.2) is 459 Å². The second kappa shape index (κ2) is 45.1. The second-order valence-corrected chi connectivity index (χ2v) is 25.8. The van der Waals surface area contributed by atoms with Crippen molar-refractivity contribution in [3.8, 4) is 39.7 Å². The number of aliphatic hydroxyl groups excluding tert-OH is 1. The Bertz CT molecular complexity index is 5390. The van der Waals surface area contributed by atoms with Crippen molar-refractivity contribution in [2.75, 3.05) is 16.0 Å². The van der Waals surface area contributed by atoms with Crippen LogP contribution in [0.3, 0.4) is 0 Å². The lowest BCUT2D eigenvalue weighted by Gasteiger charge is -2.31. The van der Waals surface area contributed by atoms with Crippen LogP contribution in [0.25, 0.3) is 39.7 Å². The summed E-state index contributed by atoms with van der Waals surface area (Å²) >= 11 is 5.16. The lowest BCUT2D eigenvalue weighted by Crippen LogP contribution is -2.39. The third-order valence-electron chi connectivity index (χ3n) is 17.7. The number of rotatable bonds is 19. The summed E-state index contributed by atoms with van der Waals surface area (Å²) in [6, 6.07) is 142. The van der Waals surface area contributed by atoms with Crippen molar-refractivity contribution in [3.63, 3.8) is 0 Å². The van der Waals surface area contributed by atoms with Crippen molar-refractivity contribution in [1.29, 1.82) is 1.28 Å². The summed E-state index contributed by atoms with van der Waals surface area (Å²) in [6.45, 7) is 0. The predicted octanol–water partition coefficient (Wildman–Crippen LogP) is 23.6. The first-order chi connectivity index (χ1) is 56.9. The lowest BCUT2D eigenvalue weighted by atomic mass is 9.94. The first-order valence-corrected chi connectivity index (χ1v) is 37.6. The molecular weight excluding hydrogens is 1460 g/mol. The highest BCUT2D eigenvalue weighted by Crippen LogP contribution is 2.37. The molecular formula is C101H83ClN4O8P+. The van der Waals surface area contributed by atoms with Crippen molar-refractivity contribution in [3.05, 3.63) is 499 Å². The van der Waals surface area contributed by atoms with Gasteiger partial charge in [-0.3, -0.25) is 33.4 Å². The molecule has 12 nitrogen and oxygen atoms in total. The number of anilines is 3. The molecule has 1 amide bonds. The Balaban J connectivity index is 0.000000154. The average molecular weight is 1550 g/mol. The molecule has 15 aromatic carbocycles. The Kier molecular flexibility index (Phi) is 32.0. The monoisotopic (exact) mass is 1550 g/mol. The van der Waals surface area contributed by atoms with Gasteiger partial charge in [-0.25, -0.2) is 0 Å². The van der Waals surface area contributed by atoms with E-state index in [9.17, 15) is 29.1 Å². The molecule has 0 aliphatic carbocycles. The normalized spacial score (nSPS) is 11.0. The molecule has 115 heavy (non-hydrogen) atoms. The van der Waals surface area contributed by atoms with Crippen LogP contribution >= 0.6 is 20.7 Å². The van der Waals surface area contributed by atoms with Crippen molar-refractivity contribution in [1.82, 2.24) is 0 Å². The third-order valence-corrected chi connectivity index (χ3v) is 17.9. The first-order valence-electron chi connectivity index (χ1n) is 37.4. The summed E-state index contributed by atoms with van der Waals surface area (Å²) in [4.78, 5) is 64.2. The minimum Gasteiger partial charge on any atom is -0.399 e. The average Bonchev–Trinajstić information content (AvgIpc) is 1.60. The smallest absolute Gasteiger partial charge is 0.387 e. The Hall–Kier alpha value is -14.4. The second-order valence-electron chi connectivity index (χ2n) is 25.5. The molecule has 3 unspecified atom stereocenters. The summed E-state index contributed by atoms with van der Waals surface area (Å²) < 4.78 is 23.0. The number of nitrogens with two attached hydrogens (primary N) is 1. The number of carbonyl (C=O) groups is 5. The van der Waals surface area contributed by atoms with Gasteiger partial charge in [0.15, 0.2) is 17.3 Å². The van der Waals surface area contributed by atoms with E-state index < -0.39 is 32.5 Å². The van der Waals surface area contributed by atoms with Crippen molar-refractivity contribution >= 4 is 66.2 Å². The number of nitrogens with one attached hydrogen (secondary N) is 1. The van der Waals surface area contributed by atoms with Gasteiger partial charge in [0.25, 0.3) is 16.8 Å². The number of Topliss-reactive ketones (excluding diaryl/α,β-unsaturated/α-hetero) is 3. The van der Waals surface area contributed by atoms with Crippen LogP contribution in [0.1, 0.15) is 86.7 Å². The van der Waals surface area contributed by atoms with E-state index in [-0.39, 0.29) is 23.3 Å². The molecule has 0 bridgehead atoms. The number of carbonyl (C=O) groups excluding carboxylic acids is 5. The Morgan fingerprint density at radius 3 is 1.10 bits per heavy atom. The van der Waals surface area contributed by atoms with Crippen LogP contribution < -0.4 is 20.5 Å². The standard InChI is InChI=1S/C27H21NO2.C27H20NO.C20H17NO.C14H12O2.C7H5ClO.C6H7N.HOP/c29-26(22-15-7-2-8-16-22)25(21-13-5-1-6-14-21)28(24-19-11-4-12-20-24)27(30)23-17-9-3-10-18-23;1-5-13-21(14-6-1)25-26(22-15-7-2-8-16-22)29-27(23-17-9-3-10-18-23)28(25)24-19-11-4-12-20-24;22-20(17-12-6-2-7-13-17)19(16-10-4-1-5-11-16)21-18-14-8-3-9-15-18;15-13(11-7-3-1-4-8-11)14(16)12-9-5-2-6-10-12;8-7(9)6-4-2-1-3-5-6;7-6-4-2-1-3-5-6;1-2/h1-20,25H;1-20H;1-15,19,21H;1-10,13,15H;1-5H;1-5H,7H2;2H/q;+1;;;;;/i;;;;;;2T. The van der Waals surface area contributed by atoms with Gasteiger partial charge in [0.1, 0.15) is 28.5 Å². The van der Waals surface area contributed by atoms with E-state index in [1.165, 1.54) is 0 Å². The lowest BCUT2D eigenvalue weighted by molar-refractivity contribution is -0.575. The van der Waals surface area contributed by atoms with Crippen molar-refractivity contribution in [2.45, 2.75) is 18.2 Å². The number of nitrogens with zero attached hydrogens (tertiary/aromatic N) is 2. The number of nitrogen functional groups attached to an aromatic ring is 1. The summed E-state index contributed by atoms with van der Waals surface area (Å²) in [7, 11) is -0.583. The maximum absolute atomic E-state index is 13.7. The van der Waals surface area contributed by atoms with E-state index in [0.29, 0.717) is 39.1 Å². The van der Waals surface area contributed by atoms with Gasteiger partial charge in [-0.2, -0.15) is 0 Å². The number of ketones is 3. The fourth-order valence-corrected chi connectivity index (χ4v) is 12.2. The quantitative estimate of drug-likeness (QED) is 0.0232. The van der Waals surface area contributed by atoms with Crippen LogP contribution in [-0.2, 0) is 4.57 Å².